The third-order valence-electron chi connectivity index (χ3n) is 5.59. The van der Waals surface area contributed by atoms with Crippen LogP contribution >= 0.6 is 11.3 Å². The van der Waals surface area contributed by atoms with Gasteiger partial charge in [-0.25, -0.2) is 0 Å². The van der Waals surface area contributed by atoms with Gasteiger partial charge in [-0.3, -0.25) is 14.5 Å². The van der Waals surface area contributed by atoms with Crippen molar-refractivity contribution in [2.75, 3.05) is 39.7 Å². The number of esters is 1. The minimum atomic E-state index is -0.386. The summed E-state index contributed by atoms with van der Waals surface area (Å²) in [7, 11) is 4.49. The highest BCUT2D eigenvalue weighted by Gasteiger charge is 2.22. The fraction of sp³-hybridized carbons (Fsp3) is 0.458. The maximum atomic E-state index is 12.7. The number of benzene rings is 1. The number of rotatable bonds is 10. The van der Waals surface area contributed by atoms with Gasteiger partial charge in [0.1, 0.15) is 22.6 Å². The summed E-state index contributed by atoms with van der Waals surface area (Å²) >= 11 is 1.50. The Bertz CT molecular complexity index is 1020. The van der Waals surface area contributed by atoms with Gasteiger partial charge in [-0.15, -0.1) is 11.3 Å². The lowest BCUT2D eigenvalue weighted by Crippen LogP contribution is -2.33. The number of fused-ring (bicyclic) bond motifs is 1. The summed E-state index contributed by atoms with van der Waals surface area (Å²) in [5.41, 5.74) is 2.56. The first-order chi connectivity index (χ1) is 16.0. The number of carbonyl (C=O) groups excluding carboxylic acids is 2. The zero-order chi connectivity index (χ0) is 23.8. The summed E-state index contributed by atoms with van der Waals surface area (Å²) in [6.07, 6.45) is 4.21. The Kier molecular flexibility index (Phi) is 8.69. The summed E-state index contributed by atoms with van der Waals surface area (Å²) < 4.78 is 15.5. The molecule has 1 N–H and O–H groups in total. The fourth-order valence-corrected chi connectivity index (χ4v) is 5.15. The molecule has 3 rings (SSSR count). The average Bonchev–Trinajstić information content (AvgIpc) is 3.18. The highest BCUT2D eigenvalue weighted by atomic mass is 32.1. The van der Waals surface area contributed by atoms with Crippen LogP contribution in [0.3, 0.4) is 0 Å². The van der Waals surface area contributed by atoms with E-state index in [4.69, 9.17) is 14.2 Å². The standard InChI is InChI=1S/C24H29N3O5S/c1-30-17-10-16(11-18(12-17)31-2)14-27(15-23(29)32-3)9-8-22(28)26-24-20(13-25)19-6-4-5-7-21(19)33-24/h10-12H,4-9,14-15H2,1-3H3,(H,26,28). The van der Waals surface area contributed by atoms with Crippen molar-refractivity contribution in [1.82, 2.24) is 4.90 Å². The number of nitriles is 1. The van der Waals surface area contributed by atoms with Crippen molar-refractivity contribution in [1.29, 1.82) is 5.26 Å². The zero-order valence-electron chi connectivity index (χ0n) is 19.2. The van der Waals surface area contributed by atoms with Crippen molar-refractivity contribution in [3.63, 3.8) is 0 Å². The van der Waals surface area contributed by atoms with Crippen molar-refractivity contribution >= 4 is 28.2 Å². The minimum Gasteiger partial charge on any atom is -0.497 e. The van der Waals surface area contributed by atoms with Crippen LogP contribution in [0.25, 0.3) is 0 Å². The smallest absolute Gasteiger partial charge is 0.319 e. The summed E-state index contributed by atoms with van der Waals surface area (Å²) in [4.78, 5) is 27.7. The normalized spacial score (nSPS) is 12.6. The lowest BCUT2D eigenvalue weighted by atomic mass is 9.96. The van der Waals surface area contributed by atoms with Crippen molar-refractivity contribution < 1.29 is 23.8 Å². The topological polar surface area (TPSA) is 101 Å². The lowest BCUT2D eigenvalue weighted by molar-refractivity contribution is -0.142. The van der Waals surface area contributed by atoms with E-state index < -0.39 is 0 Å². The molecule has 33 heavy (non-hydrogen) atoms. The molecule has 0 atom stereocenters. The molecule has 0 saturated heterocycles. The number of amides is 1. The van der Waals surface area contributed by atoms with Gasteiger partial charge in [0.15, 0.2) is 0 Å². The first-order valence-electron chi connectivity index (χ1n) is 10.8. The number of nitrogens with zero attached hydrogens (tertiary/aromatic N) is 2. The Balaban J connectivity index is 1.67. The molecule has 176 valence electrons. The van der Waals surface area contributed by atoms with Gasteiger partial charge in [-0.2, -0.15) is 5.26 Å². The first kappa shape index (κ1) is 24.6. The number of hydrogen-bond acceptors (Lipinski definition) is 8. The van der Waals surface area contributed by atoms with Gasteiger partial charge in [-0.1, -0.05) is 0 Å². The molecule has 1 heterocycles. The van der Waals surface area contributed by atoms with Crippen LogP contribution in [0.15, 0.2) is 18.2 Å². The molecule has 1 aliphatic carbocycles. The quantitative estimate of drug-likeness (QED) is 0.529. The molecule has 9 heteroatoms. The molecule has 1 aliphatic rings. The highest BCUT2D eigenvalue weighted by Crippen LogP contribution is 2.37. The van der Waals surface area contributed by atoms with Crippen LogP contribution < -0.4 is 14.8 Å². The number of ether oxygens (including phenoxy) is 3. The van der Waals surface area contributed by atoms with E-state index in [1.807, 2.05) is 17.0 Å². The van der Waals surface area contributed by atoms with E-state index in [0.717, 1.165) is 36.8 Å². The molecule has 0 unspecified atom stereocenters. The number of methoxy groups -OCH3 is 3. The monoisotopic (exact) mass is 471 g/mol. The largest absolute Gasteiger partial charge is 0.497 e. The van der Waals surface area contributed by atoms with Crippen molar-refractivity contribution in [2.24, 2.45) is 0 Å². The van der Waals surface area contributed by atoms with Crippen LogP contribution in [-0.4, -0.2) is 51.2 Å². The molecule has 0 bridgehead atoms. The molecule has 0 saturated carbocycles. The number of thiophene rings is 1. The van der Waals surface area contributed by atoms with Crippen LogP contribution in [0.4, 0.5) is 5.00 Å². The molecular weight excluding hydrogens is 442 g/mol. The Morgan fingerprint density at radius 3 is 2.45 bits per heavy atom. The van der Waals surface area contributed by atoms with Crippen molar-refractivity contribution in [2.45, 2.75) is 38.6 Å². The van der Waals surface area contributed by atoms with Gasteiger partial charge in [-0.05, 0) is 48.9 Å². The molecular formula is C24H29N3O5S. The average molecular weight is 472 g/mol. The van der Waals surface area contributed by atoms with Crippen molar-refractivity contribution in [3.05, 3.63) is 39.8 Å². The van der Waals surface area contributed by atoms with Gasteiger partial charge < -0.3 is 19.5 Å². The SMILES string of the molecule is COC(=O)CN(CCC(=O)Nc1sc2c(c1C#N)CCCC2)Cc1cc(OC)cc(OC)c1. The van der Waals surface area contributed by atoms with E-state index >= 15 is 0 Å². The van der Waals surface area contributed by atoms with E-state index in [-0.39, 0.29) is 24.8 Å². The number of hydrogen-bond donors (Lipinski definition) is 1. The lowest BCUT2D eigenvalue weighted by Gasteiger charge is -2.21. The second-order valence-electron chi connectivity index (χ2n) is 7.83. The van der Waals surface area contributed by atoms with E-state index in [9.17, 15) is 14.9 Å². The van der Waals surface area contributed by atoms with Gasteiger partial charge >= 0.3 is 5.97 Å². The number of anilines is 1. The first-order valence-corrected chi connectivity index (χ1v) is 11.6. The Hall–Kier alpha value is -3.09. The van der Waals surface area contributed by atoms with Crippen molar-refractivity contribution in [3.8, 4) is 17.6 Å². The van der Waals surface area contributed by atoms with Gasteiger partial charge in [0.25, 0.3) is 0 Å². The van der Waals surface area contributed by atoms with Crippen LogP contribution in [0.2, 0.25) is 0 Å². The zero-order valence-corrected chi connectivity index (χ0v) is 20.0. The third kappa shape index (κ3) is 6.46. The number of carbonyl (C=O) groups is 2. The minimum absolute atomic E-state index is 0.0417. The third-order valence-corrected chi connectivity index (χ3v) is 6.80. The molecule has 1 aromatic carbocycles. The fourth-order valence-electron chi connectivity index (χ4n) is 3.90. The maximum absolute atomic E-state index is 12.7. The Morgan fingerprint density at radius 2 is 1.82 bits per heavy atom. The van der Waals surface area contributed by atoms with E-state index in [2.05, 4.69) is 11.4 Å². The molecule has 2 aromatic rings. The van der Waals surface area contributed by atoms with Gasteiger partial charge in [0, 0.05) is 30.5 Å². The van der Waals surface area contributed by atoms with E-state index in [1.54, 1.807) is 20.3 Å². The molecule has 0 fully saturated rings. The van der Waals surface area contributed by atoms with Crippen LogP contribution in [0.1, 0.15) is 40.8 Å². The van der Waals surface area contributed by atoms with Crippen LogP contribution in [-0.2, 0) is 33.7 Å². The molecule has 8 nitrogen and oxygen atoms in total. The van der Waals surface area contributed by atoms with Gasteiger partial charge in [0.2, 0.25) is 5.91 Å². The molecule has 0 spiro atoms. The summed E-state index contributed by atoms with van der Waals surface area (Å²) in [6, 6.07) is 7.76. The highest BCUT2D eigenvalue weighted by molar-refractivity contribution is 7.16. The van der Waals surface area contributed by atoms with E-state index in [0.29, 0.717) is 35.2 Å². The van der Waals surface area contributed by atoms with Crippen LogP contribution in [0, 0.1) is 11.3 Å². The molecule has 1 amide bonds. The second-order valence-corrected chi connectivity index (χ2v) is 8.94. The summed E-state index contributed by atoms with van der Waals surface area (Å²) in [6.45, 7) is 0.792. The predicted molar refractivity (Wildman–Crippen MR) is 126 cm³/mol. The molecule has 0 radical (unpaired) electrons. The second kappa shape index (κ2) is 11.7. The molecule has 0 aliphatic heterocycles. The summed E-state index contributed by atoms with van der Waals surface area (Å²) in [5.74, 6) is 0.711. The number of nitrogens with one attached hydrogen (secondary N) is 1. The summed E-state index contributed by atoms with van der Waals surface area (Å²) in [5, 5.41) is 13.1. The predicted octanol–water partition coefficient (Wildman–Crippen LogP) is 3.52. The van der Waals surface area contributed by atoms with Crippen LogP contribution in [0.5, 0.6) is 11.5 Å². The van der Waals surface area contributed by atoms with Gasteiger partial charge in [0.05, 0.1) is 33.4 Å². The van der Waals surface area contributed by atoms with E-state index in [1.165, 1.54) is 23.3 Å². The Labute approximate surface area is 198 Å². The number of aryl methyl sites for hydroxylation is 1. The maximum Gasteiger partial charge on any atom is 0.319 e. The Morgan fingerprint density at radius 1 is 1.12 bits per heavy atom. The molecule has 1 aromatic heterocycles.